The van der Waals surface area contributed by atoms with Gasteiger partial charge in [0.1, 0.15) is 60.7 Å². The number of Topliss-reactive ketones (excluding diaryl/α,β-unsaturated/α-hetero) is 1. The molecule has 26 atom stereocenters. The first-order valence-corrected chi connectivity index (χ1v) is 27.1. The number of hydrogen-bond acceptors (Lipinski definition) is 20. The standard InChI is InChI=1S/C54H82O22/c1-22-32(57)26(56)18-31(69-22)71-30-20-49(3,4)19-25-24-10-11-28-51(6)14-13-29(52(7,21-55)27(51)12-15-54(28,9)53(24,8)17-16-50(25,30)5)72-47-42(37(62)35(60)40(73-47)44(65)66)76-48-43(38(63)36(61)41(74-48)45(67)68)75-46-39(64)34(59)33(58)23(2)70-46/h10,23,25,27-31,33-43,46-48,55,57-64H,11-21H2,1-9H3,(H,65,66)(H,67,68)/t23-,25-,27+,28+,29-,30+,31+,33-,34+,35-,36-,37-,38-,39+,40-,41-,42+,43+,46-,47+,48-,50+,51-,52-,53+,54+/m0/s1. The molecule has 0 spiro atoms. The number of carbonyl (C=O) groups is 3. The van der Waals surface area contributed by atoms with E-state index in [9.17, 15) is 70.6 Å². The Labute approximate surface area is 442 Å². The molecule has 5 aliphatic carbocycles. The van der Waals surface area contributed by atoms with Crippen LogP contribution in [0.25, 0.3) is 0 Å². The van der Waals surface area contributed by atoms with E-state index in [-0.39, 0.29) is 75.5 Å². The van der Waals surface area contributed by atoms with Crippen molar-refractivity contribution in [3.8, 4) is 0 Å². The number of carboxylic acid groups (broad SMARTS) is 2. The zero-order chi connectivity index (χ0) is 55.7. The van der Waals surface area contributed by atoms with Crippen molar-refractivity contribution in [3.63, 3.8) is 0 Å². The van der Waals surface area contributed by atoms with Crippen LogP contribution in [0, 0.1) is 50.2 Å². The average molecular weight is 1080 g/mol. The summed E-state index contributed by atoms with van der Waals surface area (Å²) in [4.78, 5) is 37.6. The van der Waals surface area contributed by atoms with Crippen LogP contribution in [0.5, 0.6) is 0 Å². The van der Waals surface area contributed by atoms with E-state index < -0.39 is 128 Å². The lowest BCUT2D eigenvalue weighted by molar-refractivity contribution is -0.393. The van der Waals surface area contributed by atoms with Crippen molar-refractivity contribution >= 4 is 17.7 Å². The minimum Gasteiger partial charge on any atom is -0.502 e. The minimum atomic E-state index is -2.18. The van der Waals surface area contributed by atoms with Crippen LogP contribution in [-0.4, -0.2) is 191 Å². The van der Waals surface area contributed by atoms with Crippen molar-refractivity contribution in [2.24, 2.45) is 50.2 Å². The fourth-order valence-corrected chi connectivity index (χ4v) is 16.3. The van der Waals surface area contributed by atoms with Crippen LogP contribution in [0.2, 0.25) is 0 Å². The Hall–Kier alpha value is -2.91. The third-order valence-electron chi connectivity index (χ3n) is 21.0. The van der Waals surface area contributed by atoms with Crippen LogP contribution < -0.4 is 0 Å². The summed E-state index contributed by atoms with van der Waals surface area (Å²) in [7, 11) is 0. The zero-order valence-corrected chi connectivity index (χ0v) is 44.9. The average Bonchev–Trinajstić information content (AvgIpc) is 3.53. The number of ether oxygens (including phenoxy) is 8. The molecule has 4 aliphatic heterocycles. The van der Waals surface area contributed by atoms with Gasteiger partial charge in [-0.3, -0.25) is 4.79 Å². The zero-order valence-electron chi connectivity index (χ0n) is 44.9. The SMILES string of the molecule is CC1=C(O)C(=O)C[C@@H](O[C@@H]2CC(C)(C)C[C@H]3C4=CC[C@@H]5[C@@]6(C)CC[C@H](O[C@@H]7O[C@H](C(=O)O)[C@@H](O)[C@H](O)[C@H]7O[C@@H]7O[C@H](C(=O)O)[C@@H](O)[C@H](O)[C@H]7O[C@@H]7O[C@@H](C)[C@H](O)[C@@H](O)[C@H]7O)[C@@](C)(CO)[C@@H]6CC[C@@]5(C)[C@]4(C)CC[C@@]23C)O1. The van der Waals surface area contributed by atoms with Gasteiger partial charge in [-0.05, 0) is 111 Å². The molecule has 9 rings (SSSR count). The molecule has 0 aromatic heterocycles. The molecule has 0 amide bonds. The monoisotopic (exact) mass is 1080 g/mol. The van der Waals surface area contributed by atoms with Crippen molar-refractivity contribution in [2.75, 3.05) is 6.61 Å². The van der Waals surface area contributed by atoms with Gasteiger partial charge < -0.3 is 94.1 Å². The third-order valence-corrected chi connectivity index (χ3v) is 21.0. The molecule has 76 heavy (non-hydrogen) atoms. The second-order valence-corrected chi connectivity index (χ2v) is 25.8. The van der Waals surface area contributed by atoms with E-state index in [0.717, 1.165) is 38.5 Å². The van der Waals surface area contributed by atoms with Crippen molar-refractivity contribution in [1.29, 1.82) is 0 Å². The van der Waals surface area contributed by atoms with E-state index in [1.54, 1.807) is 6.92 Å². The number of carbonyl (C=O) groups excluding carboxylic acids is 1. The summed E-state index contributed by atoms with van der Waals surface area (Å²) in [6.45, 7) is 18.5. The lowest BCUT2D eigenvalue weighted by Crippen LogP contribution is -2.68. The molecule has 430 valence electrons. The fourth-order valence-electron chi connectivity index (χ4n) is 16.3. The lowest BCUT2D eigenvalue weighted by atomic mass is 9.33. The molecule has 0 aromatic carbocycles. The summed E-state index contributed by atoms with van der Waals surface area (Å²) in [5, 5.41) is 119. The Bertz CT molecular complexity index is 2290. The fraction of sp³-hybridized carbons (Fsp3) is 0.870. The van der Waals surface area contributed by atoms with Crippen LogP contribution in [-0.2, 0) is 52.3 Å². The van der Waals surface area contributed by atoms with E-state index in [1.807, 2.05) is 6.92 Å². The van der Waals surface area contributed by atoms with Gasteiger partial charge in [-0.2, -0.15) is 0 Å². The molecule has 0 unspecified atom stereocenters. The second-order valence-electron chi connectivity index (χ2n) is 25.8. The van der Waals surface area contributed by atoms with Crippen molar-refractivity contribution in [1.82, 2.24) is 0 Å². The lowest BCUT2D eigenvalue weighted by Gasteiger charge is -2.72. The minimum absolute atomic E-state index is 0.0600. The van der Waals surface area contributed by atoms with Gasteiger partial charge in [-0.15, -0.1) is 0 Å². The highest BCUT2D eigenvalue weighted by Crippen LogP contribution is 2.76. The highest BCUT2D eigenvalue weighted by Gasteiger charge is 2.70. The van der Waals surface area contributed by atoms with Crippen LogP contribution in [0.15, 0.2) is 23.2 Å². The number of aliphatic carboxylic acids is 2. The molecule has 0 radical (unpaired) electrons. The number of rotatable bonds is 11. The van der Waals surface area contributed by atoms with Gasteiger partial charge in [0.05, 0.1) is 31.3 Å². The van der Waals surface area contributed by atoms with Gasteiger partial charge in [0.2, 0.25) is 12.1 Å². The summed E-state index contributed by atoms with van der Waals surface area (Å²) in [5.41, 5.74) is -0.723. The van der Waals surface area contributed by atoms with Crippen molar-refractivity contribution < 1.29 is 108 Å². The molecular weight excluding hydrogens is 1000 g/mol. The van der Waals surface area contributed by atoms with Crippen LogP contribution in [0.1, 0.15) is 127 Å². The second kappa shape index (κ2) is 20.3. The van der Waals surface area contributed by atoms with E-state index in [0.29, 0.717) is 19.3 Å². The van der Waals surface area contributed by atoms with E-state index in [1.165, 1.54) is 12.5 Å². The highest BCUT2D eigenvalue weighted by atomic mass is 16.8. The smallest absolute Gasteiger partial charge is 0.335 e. The van der Waals surface area contributed by atoms with Crippen LogP contribution >= 0.6 is 0 Å². The first kappa shape index (κ1) is 57.8. The predicted molar refractivity (Wildman–Crippen MR) is 260 cm³/mol. The Morgan fingerprint density at radius 2 is 1.25 bits per heavy atom. The highest BCUT2D eigenvalue weighted by molar-refractivity contribution is 5.94. The van der Waals surface area contributed by atoms with Crippen molar-refractivity contribution in [3.05, 3.63) is 23.2 Å². The molecule has 9 aliphatic rings. The number of ketones is 1. The molecule has 4 heterocycles. The first-order chi connectivity index (χ1) is 35.4. The topological polar surface area (TPSA) is 348 Å². The summed E-state index contributed by atoms with van der Waals surface area (Å²) < 4.78 is 48.6. The Morgan fingerprint density at radius 1 is 0.658 bits per heavy atom. The molecular formula is C54H82O22. The summed E-state index contributed by atoms with van der Waals surface area (Å²) in [5.74, 6) is -3.85. The summed E-state index contributed by atoms with van der Waals surface area (Å²) >= 11 is 0. The number of aliphatic hydroxyl groups excluding tert-OH is 9. The van der Waals surface area contributed by atoms with Crippen molar-refractivity contribution in [2.45, 2.75) is 237 Å². The molecule has 0 aromatic rings. The molecule has 3 saturated heterocycles. The molecule has 0 bridgehead atoms. The van der Waals surface area contributed by atoms with Gasteiger partial charge in [-0.25, -0.2) is 9.59 Å². The largest absolute Gasteiger partial charge is 0.502 e. The Kier molecular flexibility index (Phi) is 15.4. The number of aliphatic hydroxyl groups is 9. The van der Waals surface area contributed by atoms with Crippen LogP contribution in [0.3, 0.4) is 0 Å². The van der Waals surface area contributed by atoms with Gasteiger partial charge in [0.25, 0.3) is 0 Å². The molecule has 7 fully saturated rings. The number of allylic oxidation sites excluding steroid dienone is 4. The van der Waals surface area contributed by atoms with Crippen LogP contribution in [0.4, 0.5) is 0 Å². The number of fused-ring (bicyclic) bond motifs is 7. The first-order valence-electron chi connectivity index (χ1n) is 27.1. The number of hydrogen-bond donors (Lipinski definition) is 11. The van der Waals surface area contributed by atoms with Gasteiger partial charge in [-0.1, -0.05) is 60.1 Å². The summed E-state index contributed by atoms with van der Waals surface area (Å²) in [6.07, 6.45) is -21.8. The maximum absolute atomic E-state index is 12.7. The molecule has 22 heteroatoms. The number of carboxylic acids is 2. The summed E-state index contributed by atoms with van der Waals surface area (Å²) in [6, 6.07) is 0. The Balaban J connectivity index is 0.986. The predicted octanol–water partition coefficient (Wildman–Crippen LogP) is 1.93. The van der Waals surface area contributed by atoms with Gasteiger partial charge in [0, 0.05) is 10.8 Å². The molecule has 4 saturated carbocycles. The van der Waals surface area contributed by atoms with Gasteiger partial charge in [0.15, 0.2) is 36.8 Å². The molecule has 22 nitrogen and oxygen atoms in total. The van der Waals surface area contributed by atoms with E-state index >= 15 is 0 Å². The maximum atomic E-state index is 12.7. The van der Waals surface area contributed by atoms with E-state index in [2.05, 4.69) is 47.6 Å². The van der Waals surface area contributed by atoms with Gasteiger partial charge >= 0.3 is 11.9 Å². The maximum Gasteiger partial charge on any atom is 0.335 e. The normalized spacial score (nSPS) is 52.2. The Morgan fingerprint density at radius 3 is 1.83 bits per heavy atom. The quantitative estimate of drug-likeness (QED) is 0.104. The third kappa shape index (κ3) is 9.18. The van der Waals surface area contributed by atoms with E-state index in [4.69, 9.17) is 37.9 Å². The molecule has 11 N–H and O–H groups in total.